The van der Waals surface area contributed by atoms with Gasteiger partial charge in [-0.2, -0.15) is 0 Å². The minimum Gasteiger partial charge on any atom is -0.348 e. The van der Waals surface area contributed by atoms with Gasteiger partial charge in [-0.1, -0.05) is 24.3 Å². The van der Waals surface area contributed by atoms with E-state index in [1.807, 2.05) is 12.4 Å². The van der Waals surface area contributed by atoms with E-state index in [9.17, 15) is 0 Å². The van der Waals surface area contributed by atoms with Crippen LogP contribution in [0, 0.1) is 5.41 Å². The maximum absolute atomic E-state index is 4.59. The van der Waals surface area contributed by atoms with Crippen LogP contribution in [0.5, 0.6) is 0 Å². The number of nitrogens with one attached hydrogen (secondary N) is 2. The average Bonchev–Trinajstić information content (AvgIpc) is 3.54. The molecule has 2 aliphatic heterocycles. The van der Waals surface area contributed by atoms with Crippen LogP contribution >= 0.6 is 0 Å². The molecule has 0 atom stereocenters. The van der Waals surface area contributed by atoms with Gasteiger partial charge >= 0.3 is 0 Å². The van der Waals surface area contributed by atoms with Crippen molar-refractivity contribution in [1.29, 1.82) is 0 Å². The van der Waals surface area contributed by atoms with Crippen LogP contribution < -0.4 is 5.32 Å². The predicted molar refractivity (Wildman–Crippen MR) is 126 cm³/mol. The van der Waals surface area contributed by atoms with E-state index in [2.05, 4.69) is 72.1 Å². The van der Waals surface area contributed by atoms with E-state index in [0.717, 1.165) is 37.8 Å². The molecule has 32 heavy (non-hydrogen) atoms. The second-order valence-electron chi connectivity index (χ2n) is 9.71. The van der Waals surface area contributed by atoms with Crippen LogP contribution in [0.4, 0.5) is 0 Å². The maximum Gasteiger partial charge on any atom is 0.123 e. The van der Waals surface area contributed by atoms with Gasteiger partial charge in [-0.25, -0.2) is 9.97 Å². The van der Waals surface area contributed by atoms with Crippen molar-refractivity contribution in [2.45, 2.75) is 45.4 Å². The van der Waals surface area contributed by atoms with E-state index in [-0.39, 0.29) is 0 Å². The van der Waals surface area contributed by atoms with E-state index in [0.29, 0.717) is 5.41 Å². The van der Waals surface area contributed by atoms with Gasteiger partial charge in [-0.3, -0.25) is 9.80 Å². The minimum atomic E-state index is 0.577. The van der Waals surface area contributed by atoms with Gasteiger partial charge < -0.3 is 14.9 Å². The standard InChI is InChI=1S/C25H35N7/c1-30(18-23-27-11-12-28-23)19-24-29-13-15-32(24)17-22-4-2-21(3-5-22)16-31-14-8-25(20-31)6-9-26-10-7-25/h2-5,11-13,15,26H,6-10,14,16-20H2,1H3,(H,27,28). The topological polar surface area (TPSA) is 65.0 Å². The van der Waals surface area contributed by atoms with Gasteiger partial charge in [0.05, 0.1) is 13.1 Å². The van der Waals surface area contributed by atoms with Crippen molar-refractivity contribution in [2.24, 2.45) is 5.41 Å². The van der Waals surface area contributed by atoms with Crippen molar-refractivity contribution in [2.75, 3.05) is 33.2 Å². The lowest BCUT2D eigenvalue weighted by atomic mass is 9.78. The lowest BCUT2D eigenvalue weighted by Crippen LogP contribution is -2.38. The molecule has 0 unspecified atom stereocenters. The lowest BCUT2D eigenvalue weighted by molar-refractivity contribution is 0.194. The highest BCUT2D eigenvalue weighted by Crippen LogP contribution is 2.39. The third-order valence-electron chi connectivity index (χ3n) is 7.15. The van der Waals surface area contributed by atoms with Crippen LogP contribution in [0.25, 0.3) is 0 Å². The van der Waals surface area contributed by atoms with Crippen molar-refractivity contribution in [3.63, 3.8) is 0 Å². The molecular weight excluding hydrogens is 398 g/mol. The molecule has 1 spiro atoms. The van der Waals surface area contributed by atoms with Gasteiger partial charge in [0, 0.05) is 44.4 Å². The van der Waals surface area contributed by atoms with E-state index in [1.54, 1.807) is 6.20 Å². The Hall–Kier alpha value is -2.48. The first-order chi connectivity index (χ1) is 15.7. The van der Waals surface area contributed by atoms with Crippen LogP contribution in [0.15, 0.2) is 49.1 Å². The summed E-state index contributed by atoms with van der Waals surface area (Å²) in [5.41, 5.74) is 3.31. The van der Waals surface area contributed by atoms with Crippen LogP contribution in [-0.2, 0) is 26.2 Å². The lowest BCUT2D eigenvalue weighted by Gasteiger charge is -2.33. The summed E-state index contributed by atoms with van der Waals surface area (Å²) in [7, 11) is 2.10. The SMILES string of the molecule is CN(Cc1ncc[nH]1)Cc1nccn1Cc1ccc(CN2CCC3(CCNCC3)C2)cc1. The first kappa shape index (κ1) is 21.4. The Morgan fingerprint density at radius 1 is 0.969 bits per heavy atom. The molecule has 0 saturated carbocycles. The first-order valence-electron chi connectivity index (χ1n) is 11.9. The number of aromatic amines is 1. The van der Waals surface area contributed by atoms with Crippen molar-refractivity contribution in [3.05, 3.63) is 71.8 Å². The van der Waals surface area contributed by atoms with Gasteiger partial charge in [-0.05, 0) is 62.5 Å². The number of piperidine rings is 1. The second kappa shape index (κ2) is 9.57. The summed E-state index contributed by atoms with van der Waals surface area (Å²) in [6, 6.07) is 9.18. The zero-order valence-electron chi connectivity index (χ0n) is 19.1. The normalized spacial score (nSPS) is 18.7. The molecule has 2 aromatic heterocycles. The van der Waals surface area contributed by atoms with Gasteiger partial charge in [0.15, 0.2) is 0 Å². The van der Waals surface area contributed by atoms with Crippen molar-refractivity contribution in [3.8, 4) is 0 Å². The highest BCUT2D eigenvalue weighted by molar-refractivity contribution is 5.23. The summed E-state index contributed by atoms with van der Waals surface area (Å²) in [6.07, 6.45) is 11.7. The maximum atomic E-state index is 4.59. The van der Waals surface area contributed by atoms with E-state index < -0.39 is 0 Å². The van der Waals surface area contributed by atoms with Crippen molar-refractivity contribution >= 4 is 0 Å². The molecule has 170 valence electrons. The number of likely N-dealkylation sites (tertiary alicyclic amines) is 1. The summed E-state index contributed by atoms with van der Waals surface area (Å²) in [5, 5.41) is 3.52. The summed E-state index contributed by atoms with van der Waals surface area (Å²) in [5.74, 6) is 2.05. The molecule has 0 radical (unpaired) electrons. The molecule has 0 amide bonds. The summed E-state index contributed by atoms with van der Waals surface area (Å²) < 4.78 is 2.25. The molecule has 7 nitrogen and oxygen atoms in total. The zero-order valence-corrected chi connectivity index (χ0v) is 19.1. The van der Waals surface area contributed by atoms with E-state index >= 15 is 0 Å². The first-order valence-corrected chi connectivity index (χ1v) is 11.9. The number of nitrogens with zero attached hydrogens (tertiary/aromatic N) is 5. The molecule has 2 fully saturated rings. The van der Waals surface area contributed by atoms with Crippen LogP contribution in [-0.4, -0.2) is 62.5 Å². The van der Waals surface area contributed by atoms with Crippen LogP contribution in [0.2, 0.25) is 0 Å². The molecule has 4 heterocycles. The zero-order chi connectivity index (χ0) is 21.8. The number of imidazole rings is 2. The fraction of sp³-hybridized carbons (Fsp3) is 0.520. The summed E-state index contributed by atoms with van der Waals surface area (Å²) in [4.78, 5) is 17.0. The molecule has 3 aromatic rings. The van der Waals surface area contributed by atoms with Crippen molar-refractivity contribution in [1.82, 2.24) is 34.6 Å². The highest BCUT2D eigenvalue weighted by atomic mass is 15.2. The molecule has 0 bridgehead atoms. The molecule has 2 N–H and O–H groups in total. The minimum absolute atomic E-state index is 0.577. The largest absolute Gasteiger partial charge is 0.348 e. The number of rotatable bonds is 8. The molecule has 7 heteroatoms. The number of H-pyrrole nitrogens is 1. The summed E-state index contributed by atoms with van der Waals surface area (Å²) >= 11 is 0. The van der Waals surface area contributed by atoms with Gasteiger partial charge in [-0.15, -0.1) is 0 Å². The van der Waals surface area contributed by atoms with E-state index in [1.165, 1.54) is 56.6 Å². The fourth-order valence-corrected chi connectivity index (χ4v) is 5.31. The Morgan fingerprint density at radius 3 is 2.50 bits per heavy atom. The number of benzene rings is 1. The number of hydrogen-bond acceptors (Lipinski definition) is 5. The van der Waals surface area contributed by atoms with Gasteiger partial charge in [0.2, 0.25) is 0 Å². The Kier molecular flexibility index (Phi) is 6.39. The fourth-order valence-electron chi connectivity index (χ4n) is 5.31. The molecular formula is C25H35N7. The monoisotopic (exact) mass is 433 g/mol. The molecule has 2 aliphatic rings. The third kappa shape index (κ3) is 5.11. The number of aromatic nitrogens is 4. The Balaban J connectivity index is 1.15. The van der Waals surface area contributed by atoms with Crippen molar-refractivity contribution < 1.29 is 0 Å². The smallest absolute Gasteiger partial charge is 0.123 e. The van der Waals surface area contributed by atoms with E-state index in [4.69, 9.17) is 0 Å². The van der Waals surface area contributed by atoms with Gasteiger partial charge in [0.25, 0.3) is 0 Å². The van der Waals surface area contributed by atoms with Crippen LogP contribution in [0.3, 0.4) is 0 Å². The molecule has 2 saturated heterocycles. The van der Waals surface area contributed by atoms with Crippen LogP contribution in [0.1, 0.15) is 42.0 Å². The predicted octanol–water partition coefficient (Wildman–Crippen LogP) is 2.86. The third-order valence-corrected chi connectivity index (χ3v) is 7.15. The quantitative estimate of drug-likeness (QED) is 0.572. The second-order valence-corrected chi connectivity index (χ2v) is 9.71. The summed E-state index contributed by atoms with van der Waals surface area (Å²) in [6.45, 7) is 8.38. The molecule has 5 rings (SSSR count). The number of hydrogen-bond donors (Lipinski definition) is 2. The average molecular weight is 434 g/mol. The Labute approximate surface area is 190 Å². The molecule has 0 aliphatic carbocycles. The Bertz CT molecular complexity index is 970. The van der Waals surface area contributed by atoms with Gasteiger partial charge in [0.1, 0.15) is 11.6 Å². The highest BCUT2D eigenvalue weighted by Gasteiger charge is 2.38. The Morgan fingerprint density at radius 2 is 1.75 bits per heavy atom. The molecule has 1 aromatic carbocycles.